The van der Waals surface area contributed by atoms with Crippen LogP contribution in [0.3, 0.4) is 0 Å². The Morgan fingerprint density at radius 3 is 2.25 bits per heavy atom. The lowest BCUT2D eigenvalue weighted by Crippen LogP contribution is -2.56. The molecule has 0 spiro atoms. The molecule has 0 aromatic heterocycles. The van der Waals surface area contributed by atoms with Crippen molar-refractivity contribution in [3.8, 4) is 0 Å². The average molecular weight is 232 g/mol. The lowest BCUT2D eigenvalue weighted by Gasteiger charge is -2.31. The second kappa shape index (κ2) is 7.60. The first-order valence-electron chi connectivity index (χ1n) is 5.82. The van der Waals surface area contributed by atoms with Crippen LogP contribution in [-0.4, -0.2) is 41.4 Å². The Morgan fingerprint density at radius 2 is 1.94 bits per heavy atom. The van der Waals surface area contributed by atoms with Gasteiger partial charge in [0, 0.05) is 6.54 Å². The third-order valence-corrected chi connectivity index (χ3v) is 2.96. The normalized spacial score (nSPS) is 13.6. The van der Waals surface area contributed by atoms with Crippen molar-refractivity contribution in [2.75, 3.05) is 19.8 Å². The molecule has 1 unspecified atom stereocenters. The van der Waals surface area contributed by atoms with Crippen LogP contribution in [0.1, 0.15) is 33.1 Å². The van der Waals surface area contributed by atoms with E-state index in [1.165, 1.54) is 0 Å². The van der Waals surface area contributed by atoms with Gasteiger partial charge in [0.05, 0.1) is 24.7 Å². The van der Waals surface area contributed by atoms with Gasteiger partial charge in [0.2, 0.25) is 5.91 Å². The topological polar surface area (TPSA) is 95.6 Å². The van der Waals surface area contributed by atoms with Gasteiger partial charge in [-0.1, -0.05) is 20.3 Å². The SMILES string of the molecule is CCCC(CN)C(=O)NC(CC)(CO)CO. The molecule has 0 rings (SSSR count). The Morgan fingerprint density at radius 1 is 1.38 bits per heavy atom. The Labute approximate surface area is 97.0 Å². The van der Waals surface area contributed by atoms with E-state index in [0.717, 1.165) is 12.8 Å². The van der Waals surface area contributed by atoms with Gasteiger partial charge in [0.1, 0.15) is 0 Å². The number of carbonyl (C=O) groups is 1. The van der Waals surface area contributed by atoms with Gasteiger partial charge in [-0.15, -0.1) is 0 Å². The van der Waals surface area contributed by atoms with Crippen LogP contribution in [0.2, 0.25) is 0 Å². The van der Waals surface area contributed by atoms with Crippen molar-refractivity contribution in [2.45, 2.75) is 38.6 Å². The van der Waals surface area contributed by atoms with E-state index in [1.807, 2.05) is 13.8 Å². The molecule has 0 bridgehead atoms. The first-order valence-corrected chi connectivity index (χ1v) is 5.82. The zero-order valence-electron chi connectivity index (χ0n) is 10.2. The molecular formula is C11H24N2O3. The van der Waals surface area contributed by atoms with Crippen molar-refractivity contribution in [3.05, 3.63) is 0 Å². The standard InChI is InChI=1S/C11H24N2O3/c1-3-5-9(6-12)10(16)13-11(4-2,7-14)8-15/h9,14-15H,3-8,12H2,1-2H3,(H,13,16). The van der Waals surface area contributed by atoms with Crippen LogP contribution in [0.4, 0.5) is 0 Å². The third kappa shape index (κ3) is 4.08. The van der Waals surface area contributed by atoms with Crippen LogP contribution in [-0.2, 0) is 4.79 Å². The number of carbonyl (C=O) groups excluding carboxylic acids is 1. The van der Waals surface area contributed by atoms with Gasteiger partial charge in [-0.25, -0.2) is 0 Å². The molecule has 0 aliphatic heterocycles. The van der Waals surface area contributed by atoms with E-state index >= 15 is 0 Å². The highest BCUT2D eigenvalue weighted by Gasteiger charge is 2.30. The van der Waals surface area contributed by atoms with Crippen LogP contribution in [0.25, 0.3) is 0 Å². The van der Waals surface area contributed by atoms with E-state index in [9.17, 15) is 15.0 Å². The van der Waals surface area contributed by atoms with Gasteiger partial charge < -0.3 is 21.3 Å². The molecule has 5 nitrogen and oxygen atoms in total. The number of aliphatic hydroxyl groups excluding tert-OH is 2. The Balaban J connectivity index is 4.48. The molecule has 0 saturated carbocycles. The van der Waals surface area contributed by atoms with E-state index in [2.05, 4.69) is 5.32 Å². The van der Waals surface area contributed by atoms with Gasteiger partial charge in [-0.05, 0) is 12.8 Å². The molecule has 1 atom stereocenters. The molecule has 5 heteroatoms. The molecular weight excluding hydrogens is 208 g/mol. The monoisotopic (exact) mass is 232 g/mol. The fourth-order valence-corrected chi connectivity index (χ4v) is 1.51. The fraction of sp³-hybridized carbons (Fsp3) is 0.909. The van der Waals surface area contributed by atoms with Crippen molar-refractivity contribution < 1.29 is 15.0 Å². The Bertz CT molecular complexity index is 197. The highest BCUT2D eigenvalue weighted by molar-refractivity contribution is 5.79. The van der Waals surface area contributed by atoms with Gasteiger partial charge in [0.15, 0.2) is 0 Å². The predicted octanol–water partition coefficient (Wildman–Crippen LogP) is -0.389. The summed E-state index contributed by atoms with van der Waals surface area (Å²) < 4.78 is 0. The molecule has 0 fully saturated rings. The first kappa shape index (κ1) is 15.3. The number of rotatable bonds is 8. The maximum Gasteiger partial charge on any atom is 0.224 e. The fourth-order valence-electron chi connectivity index (χ4n) is 1.51. The minimum Gasteiger partial charge on any atom is -0.394 e. The van der Waals surface area contributed by atoms with Crippen molar-refractivity contribution in [1.29, 1.82) is 0 Å². The summed E-state index contributed by atoms with van der Waals surface area (Å²) in [5, 5.41) is 21.1. The van der Waals surface area contributed by atoms with Crippen LogP contribution >= 0.6 is 0 Å². The third-order valence-electron chi connectivity index (χ3n) is 2.96. The van der Waals surface area contributed by atoms with E-state index in [4.69, 9.17) is 5.73 Å². The van der Waals surface area contributed by atoms with E-state index in [1.54, 1.807) is 0 Å². The number of hydrogen-bond donors (Lipinski definition) is 4. The second-order valence-corrected chi connectivity index (χ2v) is 4.16. The van der Waals surface area contributed by atoms with Gasteiger partial charge in [-0.2, -0.15) is 0 Å². The number of nitrogens with one attached hydrogen (secondary N) is 1. The zero-order chi connectivity index (χ0) is 12.6. The maximum atomic E-state index is 11.8. The highest BCUT2D eigenvalue weighted by Crippen LogP contribution is 2.12. The van der Waals surface area contributed by atoms with Crippen LogP contribution in [0.5, 0.6) is 0 Å². The molecule has 0 radical (unpaired) electrons. The van der Waals surface area contributed by atoms with Crippen LogP contribution in [0, 0.1) is 5.92 Å². The first-order chi connectivity index (χ1) is 7.59. The molecule has 5 N–H and O–H groups in total. The molecule has 0 aromatic carbocycles. The van der Waals surface area contributed by atoms with Crippen LogP contribution in [0.15, 0.2) is 0 Å². The minimum absolute atomic E-state index is 0.186. The zero-order valence-corrected chi connectivity index (χ0v) is 10.2. The summed E-state index contributed by atoms with van der Waals surface area (Å²) in [5.74, 6) is -0.427. The maximum absolute atomic E-state index is 11.8. The lowest BCUT2D eigenvalue weighted by atomic mass is 9.95. The summed E-state index contributed by atoms with van der Waals surface area (Å²) >= 11 is 0. The summed E-state index contributed by atoms with van der Waals surface area (Å²) in [6.07, 6.45) is 2.08. The number of aliphatic hydroxyl groups is 2. The Hall–Kier alpha value is -0.650. The smallest absolute Gasteiger partial charge is 0.224 e. The van der Waals surface area contributed by atoms with Gasteiger partial charge in [0.25, 0.3) is 0 Å². The predicted molar refractivity (Wildman–Crippen MR) is 62.8 cm³/mol. The average Bonchev–Trinajstić information content (AvgIpc) is 2.33. The van der Waals surface area contributed by atoms with Crippen LogP contribution < -0.4 is 11.1 Å². The molecule has 0 aromatic rings. The molecule has 96 valence electrons. The summed E-state index contributed by atoms with van der Waals surface area (Å²) in [7, 11) is 0. The number of amides is 1. The summed E-state index contributed by atoms with van der Waals surface area (Å²) in [6, 6.07) is 0. The Kier molecular flexibility index (Phi) is 7.29. The summed E-state index contributed by atoms with van der Waals surface area (Å²) in [5.41, 5.74) is 4.60. The lowest BCUT2D eigenvalue weighted by molar-refractivity contribution is -0.128. The van der Waals surface area contributed by atoms with Gasteiger partial charge in [-0.3, -0.25) is 4.79 Å². The largest absolute Gasteiger partial charge is 0.394 e. The molecule has 1 amide bonds. The van der Waals surface area contributed by atoms with Gasteiger partial charge >= 0.3 is 0 Å². The molecule has 0 aliphatic rings. The minimum atomic E-state index is -0.918. The summed E-state index contributed by atoms with van der Waals surface area (Å²) in [6.45, 7) is 3.55. The van der Waals surface area contributed by atoms with Crippen molar-refractivity contribution in [1.82, 2.24) is 5.32 Å². The van der Waals surface area contributed by atoms with Crippen molar-refractivity contribution in [2.24, 2.45) is 11.7 Å². The molecule has 0 heterocycles. The quantitative estimate of drug-likeness (QED) is 0.458. The van der Waals surface area contributed by atoms with E-state index in [0.29, 0.717) is 6.42 Å². The van der Waals surface area contributed by atoms with E-state index < -0.39 is 5.54 Å². The van der Waals surface area contributed by atoms with Crippen molar-refractivity contribution >= 4 is 5.91 Å². The highest BCUT2D eigenvalue weighted by atomic mass is 16.3. The van der Waals surface area contributed by atoms with Crippen molar-refractivity contribution in [3.63, 3.8) is 0 Å². The molecule has 16 heavy (non-hydrogen) atoms. The molecule has 0 saturated heterocycles. The van der Waals surface area contributed by atoms with E-state index in [-0.39, 0.29) is 31.6 Å². The second-order valence-electron chi connectivity index (χ2n) is 4.16. The number of hydrogen-bond acceptors (Lipinski definition) is 4. The summed E-state index contributed by atoms with van der Waals surface area (Å²) in [4.78, 5) is 11.8. The number of nitrogens with two attached hydrogens (primary N) is 1. The molecule has 0 aliphatic carbocycles.